The first-order chi connectivity index (χ1) is 7.22. The Morgan fingerprint density at radius 2 is 1.06 bits per heavy atom. The predicted octanol–water partition coefficient (Wildman–Crippen LogP) is 3.95. The van der Waals surface area contributed by atoms with Crippen molar-refractivity contribution >= 4 is 5.91 Å². The molecule has 0 heterocycles. The van der Waals surface area contributed by atoms with Gasteiger partial charge in [0.25, 0.3) is 0 Å². The highest BCUT2D eigenvalue weighted by molar-refractivity contribution is 5.81. The molecule has 0 saturated heterocycles. The number of hydrogen-bond acceptors (Lipinski definition) is 1. The lowest BCUT2D eigenvalue weighted by atomic mass is 9.88. The number of carbonyl (C=O) groups is 1. The molecule has 0 aromatic rings. The van der Waals surface area contributed by atoms with Gasteiger partial charge in [-0.05, 0) is 10.8 Å². The average molecular weight is 241 g/mol. The summed E-state index contributed by atoms with van der Waals surface area (Å²) in [6.07, 6.45) is 0. The Labute approximate surface area is 108 Å². The third kappa shape index (κ3) is 7.40. The van der Waals surface area contributed by atoms with Gasteiger partial charge < -0.3 is 4.90 Å². The normalized spacial score (nSPS) is 13.7. The highest BCUT2D eigenvalue weighted by Crippen LogP contribution is 2.26. The van der Waals surface area contributed by atoms with Crippen LogP contribution in [0.1, 0.15) is 62.3 Å². The molecule has 0 bridgehead atoms. The molecule has 0 spiro atoms. The van der Waals surface area contributed by atoms with Gasteiger partial charge in [0.15, 0.2) is 0 Å². The van der Waals surface area contributed by atoms with E-state index >= 15 is 0 Å². The monoisotopic (exact) mass is 241 g/mol. The molecule has 1 amide bonds. The zero-order valence-corrected chi connectivity index (χ0v) is 13.3. The fraction of sp³-hybridized carbons (Fsp3) is 0.933. The lowest BCUT2D eigenvalue weighted by Crippen LogP contribution is -2.47. The first-order valence-electron chi connectivity index (χ1n) is 6.52. The third-order valence-corrected chi connectivity index (χ3v) is 2.26. The van der Waals surface area contributed by atoms with Gasteiger partial charge in [-0.2, -0.15) is 0 Å². The Morgan fingerprint density at radius 3 is 1.24 bits per heavy atom. The van der Waals surface area contributed by atoms with Crippen molar-refractivity contribution in [3.05, 3.63) is 0 Å². The van der Waals surface area contributed by atoms with Gasteiger partial charge in [0, 0.05) is 18.5 Å². The van der Waals surface area contributed by atoms with Crippen LogP contribution in [0.25, 0.3) is 0 Å². The first-order valence-corrected chi connectivity index (χ1v) is 6.52. The van der Waals surface area contributed by atoms with Gasteiger partial charge in [-0.15, -0.1) is 0 Å². The maximum absolute atomic E-state index is 12.4. The highest BCUT2D eigenvalue weighted by Gasteiger charge is 2.31. The SMILES string of the molecule is CC(C)(C)CN(CC(C)(C)C)C(=O)C(C)(C)C. The number of carbonyl (C=O) groups excluding carboxylic acids is 1. The second-order valence-corrected chi connectivity index (χ2v) is 8.53. The Balaban J connectivity index is 4.94. The molecule has 0 aliphatic heterocycles. The van der Waals surface area contributed by atoms with E-state index in [1.54, 1.807) is 0 Å². The first kappa shape index (κ1) is 16.5. The molecular weight excluding hydrogens is 210 g/mol. The van der Waals surface area contributed by atoms with E-state index in [2.05, 4.69) is 41.5 Å². The van der Waals surface area contributed by atoms with E-state index in [9.17, 15) is 4.79 Å². The topological polar surface area (TPSA) is 20.3 Å². The summed E-state index contributed by atoms with van der Waals surface area (Å²) in [5, 5.41) is 0. The minimum atomic E-state index is -0.295. The second kappa shape index (κ2) is 4.99. The average Bonchev–Trinajstić information content (AvgIpc) is 1.94. The number of amides is 1. The molecular formula is C15H31NO. The van der Waals surface area contributed by atoms with Gasteiger partial charge in [0.2, 0.25) is 5.91 Å². The molecule has 0 rings (SSSR count). The van der Waals surface area contributed by atoms with Crippen LogP contribution in [0.2, 0.25) is 0 Å². The highest BCUT2D eigenvalue weighted by atomic mass is 16.2. The number of rotatable bonds is 2. The lowest BCUT2D eigenvalue weighted by molar-refractivity contribution is -0.142. The van der Waals surface area contributed by atoms with Gasteiger partial charge in [-0.25, -0.2) is 0 Å². The van der Waals surface area contributed by atoms with Crippen LogP contribution >= 0.6 is 0 Å². The second-order valence-electron chi connectivity index (χ2n) is 8.53. The maximum atomic E-state index is 12.4. The Morgan fingerprint density at radius 1 is 0.765 bits per heavy atom. The van der Waals surface area contributed by atoms with Crippen molar-refractivity contribution in [3.63, 3.8) is 0 Å². The summed E-state index contributed by atoms with van der Waals surface area (Å²) < 4.78 is 0. The van der Waals surface area contributed by atoms with Crippen LogP contribution < -0.4 is 0 Å². The summed E-state index contributed by atoms with van der Waals surface area (Å²) in [5.74, 6) is 0.252. The molecule has 0 N–H and O–H groups in total. The van der Waals surface area contributed by atoms with E-state index in [4.69, 9.17) is 0 Å². The van der Waals surface area contributed by atoms with E-state index in [0.29, 0.717) is 0 Å². The molecule has 0 unspecified atom stereocenters. The van der Waals surface area contributed by atoms with E-state index in [1.807, 2.05) is 25.7 Å². The molecule has 2 heteroatoms. The summed E-state index contributed by atoms with van der Waals surface area (Å²) in [6.45, 7) is 20.7. The fourth-order valence-corrected chi connectivity index (χ4v) is 1.82. The van der Waals surface area contributed by atoms with Crippen molar-refractivity contribution in [2.45, 2.75) is 62.3 Å². The summed E-state index contributed by atoms with van der Waals surface area (Å²) in [4.78, 5) is 14.5. The zero-order valence-electron chi connectivity index (χ0n) is 13.3. The van der Waals surface area contributed by atoms with Crippen LogP contribution in [0.15, 0.2) is 0 Å². The molecule has 0 aliphatic rings. The van der Waals surface area contributed by atoms with Crippen LogP contribution in [-0.2, 0) is 4.79 Å². The van der Waals surface area contributed by atoms with E-state index in [1.165, 1.54) is 0 Å². The standard InChI is InChI=1S/C15H31NO/c1-13(2,3)10-16(11-14(4,5)6)12(17)15(7,8)9/h10-11H2,1-9H3. The van der Waals surface area contributed by atoms with Crippen molar-refractivity contribution in [2.75, 3.05) is 13.1 Å². The van der Waals surface area contributed by atoms with Crippen LogP contribution in [-0.4, -0.2) is 23.9 Å². The van der Waals surface area contributed by atoms with Crippen molar-refractivity contribution < 1.29 is 4.79 Å². The third-order valence-electron chi connectivity index (χ3n) is 2.26. The summed E-state index contributed by atoms with van der Waals surface area (Å²) >= 11 is 0. The van der Waals surface area contributed by atoms with Crippen LogP contribution in [0, 0.1) is 16.2 Å². The molecule has 0 aromatic carbocycles. The summed E-state index contributed by atoms with van der Waals surface area (Å²) in [5.41, 5.74) is -0.00514. The van der Waals surface area contributed by atoms with Crippen LogP contribution in [0.4, 0.5) is 0 Å². The molecule has 0 aliphatic carbocycles. The Hall–Kier alpha value is -0.530. The molecule has 17 heavy (non-hydrogen) atoms. The number of hydrogen-bond donors (Lipinski definition) is 0. The molecule has 0 atom stereocenters. The molecule has 2 nitrogen and oxygen atoms in total. The smallest absolute Gasteiger partial charge is 0.227 e. The largest absolute Gasteiger partial charge is 0.341 e. The van der Waals surface area contributed by atoms with Gasteiger partial charge in [-0.3, -0.25) is 4.79 Å². The molecule has 102 valence electrons. The van der Waals surface area contributed by atoms with Gasteiger partial charge in [0.1, 0.15) is 0 Å². The van der Waals surface area contributed by atoms with Crippen molar-refractivity contribution in [3.8, 4) is 0 Å². The predicted molar refractivity (Wildman–Crippen MR) is 74.9 cm³/mol. The molecule has 0 fully saturated rings. The Bertz CT molecular complexity index is 244. The minimum Gasteiger partial charge on any atom is -0.341 e. The van der Waals surface area contributed by atoms with Crippen LogP contribution in [0.5, 0.6) is 0 Å². The van der Waals surface area contributed by atoms with Crippen molar-refractivity contribution in [1.29, 1.82) is 0 Å². The maximum Gasteiger partial charge on any atom is 0.227 e. The zero-order chi connectivity index (χ0) is 14.1. The quantitative estimate of drug-likeness (QED) is 0.717. The summed E-state index contributed by atoms with van der Waals surface area (Å²) in [6, 6.07) is 0. The Kier molecular flexibility index (Phi) is 4.84. The van der Waals surface area contributed by atoms with Crippen molar-refractivity contribution in [1.82, 2.24) is 4.90 Å². The minimum absolute atomic E-state index is 0.145. The van der Waals surface area contributed by atoms with E-state index < -0.39 is 0 Å². The molecule has 0 radical (unpaired) electrons. The van der Waals surface area contributed by atoms with Crippen molar-refractivity contribution in [2.24, 2.45) is 16.2 Å². The lowest BCUT2D eigenvalue weighted by Gasteiger charge is -2.38. The number of nitrogens with zero attached hydrogens (tertiary/aromatic N) is 1. The van der Waals surface area contributed by atoms with Gasteiger partial charge in [0.05, 0.1) is 0 Å². The van der Waals surface area contributed by atoms with Crippen LogP contribution in [0.3, 0.4) is 0 Å². The van der Waals surface area contributed by atoms with Gasteiger partial charge >= 0.3 is 0 Å². The molecule has 0 saturated carbocycles. The molecule has 0 aromatic heterocycles. The summed E-state index contributed by atoms with van der Waals surface area (Å²) in [7, 11) is 0. The van der Waals surface area contributed by atoms with Gasteiger partial charge in [-0.1, -0.05) is 62.3 Å². The fourth-order valence-electron chi connectivity index (χ4n) is 1.82. The van der Waals surface area contributed by atoms with E-state index in [0.717, 1.165) is 13.1 Å². The van der Waals surface area contributed by atoms with E-state index in [-0.39, 0.29) is 22.2 Å².